The number of halogens is 2. The van der Waals surface area contributed by atoms with Gasteiger partial charge in [0, 0.05) is 6.54 Å². The quantitative estimate of drug-likeness (QED) is 0.424. The number of alkyl halides is 2. The molecule has 132 valence electrons. The molecule has 0 aliphatic heterocycles. The first-order chi connectivity index (χ1) is 11.2. The number of sulfonamides is 1. The van der Waals surface area contributed by atoms with Crippen LogP contribution in [-0.2, 0) is 16.6 Å². The highest BCUT2D eigenvalue weighted by Gasteiger charge is 2.23. The molecule has 0 bridgehead atoms. The summed E-state index contributed by atoms with van der Waals surface area (Å²) < 4.78 is 53.3. The Bertz CT molecular complexity index is 831. The average molecular weight is 364 g/mol. The lowest BCUT2D eigenvalue weighted by molar-refractivity contribution is -0.389. The molecular weight excluding hydrogens is 350 g/mol. The molecule has 0 saturated carbocycles. The molecule has 2 heterocycles. The van der Waals surface area contributed by atoms with Gasteiger partial charge in [-0.2, -0.15) is 18.6 Å². The standard InChI is InChI=1S/C11H14F2N6O4S/c1-8-9(7-14-18(8)11(12)13)24(22,23)15-4-2-5-17-6-3-10(16-17)19(20)21/h3,6-7,11,15H,2,4-5H2,1H3. The van der Waals surface area contributed by atoms with Crippen LogP contribution < -0.4 is 4.72 Å². The maximum Gasteiger partial charge on any atom is 0.389 e. The molecule has 2 aromatic heterocycles. The predicted octanol–water partition coefficient (Wildman–Crippen LogP) is 1.06. The van der Waals surface area contributed by atoms with E-state index in [4.69, 9.17) is 0 Å². The Morgan fingerprint density at radius 1 is 1.46 bits per heavy atom. The van der Waals surface area contributed by atoms with E-state index in [0.29, 0.717) is 11.1 Å². The van der Waals surface area contributed by atoms with Crippen molar-refractivity contribution in [3.8, 4) is 0 Å². The van der Waals surface area contributed by atoms with Crippen LogP contribution in [0.5, 0.6) is 0 Å². The van der Waals surface area contributed by atoms with Gasteiger partial charge in [0.25, 0.3) is 0 Å². The molecule has 13 heteroatoms. The molecule has 10 nitrogen and oxygen atoms in total. The third kappa shape index (κ3) is 3.91. The largest absolute Gasteiger partial charge is 0.389 e. The Morgan fingerprint density at radius 3 is 2.71 bits per heavy atom. The first-order valence-corrected chi connectivity index (χ1v) is 8.20. The van der Waals surface area contributed by atoms with Crippen molar-refractivity contribution in [2.75, 3.05) is 6.54 Å². The second-order valence-corrected chi connectivity index (χ2v) is 6.50. The van der Waals surface area contributed by atoms with E-state index in [1.165, 1.54) is 23.9 Å². The lowest BCUT2D eigenvalue weighted by Gasteiger charge is -2.06. The molecule has 0 aliphatic carbocycles. The van der Waals surface area contributed by atoms with E-state index in [2.05, 4.69) is 14.9 Å². The van der Waals surface area contributed by atoms with Crippen LogP contribution in [0, 0.1) is 17.0 Å². The number of hydrogen-bond acceptors (Lipinski definition) is 6. The van der Waals surface area contributed by atoms with Crippen molar-refractivity contribution >= 4 is 15.8 Å². The Morgan fingerprint density at radius 2 is 2.17 bits per heavy atom. The molecule has 0 spiro atoms. The van der Waals surface area contributed by atoms with E-state index in [1.54, 1.807) is 0 Å². The Hall–Kier alpha value is -2.41. The van der Waals surface area contributed by atoms with Crippen molar-refractivity contribution in [3.05, 3.63) is 34.3 Å². The van der Waals surface area contributed by atoms with Crippen molar-refractivity contribution in [2.24, 2.45) is 0 Å². The minimum Gasteiger partial charge on any atom is -0.358 e. The summed E-state index contributed by atoms with van der Waals surface area (Å²) in [6.45, 7) is -1.43. The Labute approximate surface area is 135 Å². The molecule has 0 amide bonds. The zero-order valence-corrected chi connectivity index (χ0v) is 13.3. The lowest BCUT2D eigenvalue weighted by Crippen LogP contribution is -2.26. The Kier molecular flexibility index (Phi) is 5.23. The van der Waals surface area contributed by atoms with Crippen molar-refractivity contribution in [1.29, 1.82) is 0 Å². The fourth-order valence-corrected chi connectivity index (χ4v) is 3.20. The van der Waals surface area contributed by atoms with Crippen LogP contribution >= 0.6 is 0 Å². The molecule has 0 radical (unpaired) electrons. The summed E-state index contributed by atoms with van der Waals surface area (Å²) in [5.74, 6) is -0.300. The van der Waals surface area contributed by atoms with Gasteiger partial charge in [-0.1, -0.05) is 0 Å². The summed E-state index contributed by atoms with van der Waals surface area (Å²) in [6.07, 6.45) is 2.57. The molecule has 2 aromatic rings. The first-order valence-electron chi connectivity index (χ1n) is 6.72. The third-order valence-electron chi connectivity index (χ3n) is 3.14. The highest BCUT2D eigenvalue weighted by molar-refractivity contribution is 7.89. The smallest absolute Gasteiger partial charge is 0.358 e. The highest BCUT2D eigenvalue weighted by atomic mass is 32.2. The third-order valence-corrected chi connectivity index (χ3v) is 4.71. The number of aromatic nitrogens is 4. The maximum absolute atomic E-state index is 12.6. The zero-order chi connectivity index (χ0) is 17.9. The molecule has 0 aliphatic rings. The van der Waals surface area contributed by atoms with Gasteiger partial charge in [0.2, 0.25) is 10.0 Å². The normalized spacial score (nSPS) is 12.0. The monoisotopic (exact) mass is 364 g/mol. The van der Waals surface area contributed by atoms with E-state index < -0.39 is 21.5 Å². The van der Waals surface area contributed by atoms with E-state index in [-0.39, 0.29) is 29.5 Å². The van der Waals surface area contributed by atoms with Crippen molar-refractivity contribution in [3.63, 3.8) is 0 Å². The van der Waals surface area contributed by atoms with Crippen molar-refractivity contribution in [2.45, 2.75) is 31.3 Å². The lowest BCUT2D eigenvalue weighted by atomic mass is 10.4. The van der Waals surface area contributed by atoms with E-state index >= 15 is 0 Å². The fourth-order valence-electron chi connectivity index (χ4n) is 1.97. The van der Waals surface area contributed by atoms with Crippen LogP contribution in [-0.4, -0.2) is 39.4 Å². The molecule has 2 rings (SSSR count). The van der Waals surface area contributed by atoms with Gasteiger partial charge in [0.05, 0.1) is 35.8 Å². The predicted molar refractivity (Wildman–Crippen MR) is 76.9 cm³/mol. The van der Waals surface area contributed by atoms with Crippen LogP contribution in [0.25, 0.3) is 0 Å². The van der Waals surface area contributed by atoms with Gasteiger partial charge in [-0.3, -0.25) is 0 Å². The summed E-state index contributed by atoms with van der Waals surface area (Å²) in [5, 5.41) is 17.5. The summed E-state index contributed by atoms with van der Waals surface area (Å²) in [4.78, 5) is 9.53. The molecular formula is C11H14F2N6O4S. The van der Waals surface area contributed by atoms with Crippen LogP contribution in [0.1, 0.15) is 18.7 Å². The molecule has 0 atom stereocenters. The fraction of sp³-hybridized carbons (Fsp3) is 0.455. The van der Waals surface area contributed by atoms with Gasteiger partial charge in [-0.25, -0.2) is 17.8 Å². The highest BCUT2D eigenvalue weighted by Crippen LogP contribution is 2.19. The van der Waals surface area contributed by atoms with Crippen LogP contribution in [0.4, 0.5) is 14.6 Å². The minimum absolute atomic E-state index is 0.00922. The van der Waals surface area contributed by atoms with Crippen molar-refractivity contribution < 1.29 is 22.1 Å². The first kappa shape index (κ1) is 17.9. The van der Waals surface area contributed by atoms with E-state index in [0.717, 1.165) is 6.20 Å². The summed E-state index contributed by atoms with van der Waals surface area (Å²) in [6, 6.07) is 1.23. The topological polar surface area (TPSA) is 125 Å². The second-order valence-electron chi connectivity index (χ2n) is 4.76. The van der Waals surface area contributed by atoms with E-state index in [1.807, 2.05) is 0 Å². The molecule has 24 heavy (non-hydrogen) atoms. The SMILES string of the molecule is Cc1c(S(=O)(=O)NCCCn2ccc([N+](=O)[O-])n2)cnn1C(F)F. The number of rotatable bonds is 8. The molecule has 0 fully saturated rings. The number of nitrogens with one attached hydrogen (secondary N) is 1. The summed E-state index contributed by atoms with van der Waals surface area (Å²) in [7, 11) is -3.97. The van der Waals surface area contributed by atoms with Gasteiger partial charge in [0.1, 0.15) is 4.90 Å². The second kappa shape index (κ2) is 7.00. The summed E-state index contributed by atoms with van der Waals surface area (Å²) >= 11 is 0. The van der Waals surface area contributed by atoms with Crippen molar-refractivity contribution in [1.82, 2.24) is 24.3 Å². The molecule has 0 saturated heterocycles. The van der Waals surface area contributed by atoms with E-state index in [9.17, 15) is 27.3 Å². The molecule has 0 aromatic carbocycles. The number of hydrogen-bond donors (Lipinski definition) is 1. The van der Waals surface area contributed by atoms with Crippen LogP contribution in [0.3, 0.4) is 0 Å². The van der Waals surface area contributed by atoms with Gasteiger partial charge in [-0.15, -0.1) is 0 Å². The minimum atomic E-state index is -3.97. The number of aryl methyl sites for hydroxylation is 1. The Balaban J connectivity index is 1.92. The van der Waals surface area contributed by atoms with Gasteiger partial charge >= 0.3 is 12.4 Å². The maximum atomic E-state index is 12.6. The molecule has 0 unspecified atom stereocenters. The zero-order valence-electron chi connectivity index (χ0n) is 12.5. The number of nitro groups is 1. The van der Waals surface area contributed by atoms with Gasteiger partial charge in [0.15, 0.2) is 0 Å². The summed E-state index contributed by atoms with van der Waals surface area (Å²) in [5.41, 5.74) is -0.166. The molecule has 1 N–H and O–H groups in total. The van der Waals surface area contributed by atoms with Gasteiger partial charge < -0.3 is 10.1 Å². The average Bonchev–Trinajstić information content (AvgIpc) is 3.10. The van der Waals surface area contributed by atoms with Crippen LogP contribution in [0.2, 0.25) is 0 Å². The van der Waals surface area contributed by atoms with Gasteiger partial charge in [-0.05, 0) is 18.3 Å². The number of nitrogens with zero attached hydrogens (tertiary/aromatic N) is 5. The van der Waals surface area contributed by atoms with Crippen LogP contribution in [0.15, 0.2) is 23.4 Å².